The molecule has 0 unspecified atom stereocenters. The zero-order valence-corrected chi connectivity index (χ0v) is 7.77. The number of anilines is 1. The van der Waals surface area contributed by atoms with Crippen molar-refractivity contribution in [3.8, 4) is 18.1 Å². The maximum Gasteiger partial charge on any atom is 0.275 e. The molecule has 0 radical (unpaired) electrons. The lowest BCUT2D eigenvalue weighted by Crippen LogP contribution is -2.07. The fraction of sp³-hybridized carbons (Fsp3) is 0.111. The predicted octanol–water partition coefficient (Wildman–Crippen LogP) is 0.892. The summed E-state index contributed by atoms with van der Waals surface area (Å²) in [5, 5.41) is 10.5. The molecule has 6 heteroatoms. The van der Waals surface area contributed by atoms with Crippen LogP contribution in [0.5, 0.6) is 5.75 Å². The van der Waals surface area contributed by atoms with E-state index in [1.807, 2.05) is 0 Å². The minimum absolute atomic E-state index is 0.0468. The van der Waals surface area contributed by atoms with Crippen LogP contribution < -0.4 is 16.0 Å². The summed E-state index contributed by atoms with van der Waals surface area (Å²) in [6.45, 7) is 0.0468. The number of nitro groups is 1. The molecule has 0 aliphatic rings. The first kappa shape index (κ1) is 10.8. The second kappa shape index (κ2) is 4.83. The number of ether oxygens (including phenoxy) is 1. The van der Waals surface area contributed by atoms with Crippen molar-refractivity contribution < 1.29 is 9.66 Å². The summed E-state index contributed by atoms with van der Waals surface area (Å²) in [7, 11) is 0. The first-order valence-corrected chi connectivity index (χ1v) is 3.99. The van der Waals surface area contributed by atoms with Crippen LogP contribution in [-0.2, 0) is 0 Å². The molecule has 1 rings (SSSR count). The summed E-state index contributed by atoms with van der Waals surface area (Å²) in [5.41, 5.74) is 2.57. The van der Waals surface area contributed by atoms with E-state index in [9.17, 15) is 10.1 Å². The summed E-state index contributed by atoms with van der Waals surface area (Å²) >= 11 is 0. The number of nitrogen functional groups attached to an aromatic ring is 1. The number of hydrogen-bond donors (Lipinski definition) is 2. The van der Waals surface area contributed by atoms with Gasteiger partial charge in [-0.3, -0.25) is 16.0 Å². The lowest BCUT2D eigenvalue weighted by Gasteiger charge is -2.05. The van der Waals surface area contributed by atoms with E-state index in [2.05, 4.69) is 11.3 Å². The van der Waals surface area contributed by atoms with Crippen LogP contribution in [0.2, 0.25) is 0 Å². The van der Waals surface area contributed by atoms with E-state index in [0.717, 1.165) is 0 Å². The topological polar surface area (TPSA) is 90.4 Å². The number of rotatable bonds is 4. The maximum absolute atomic E-state index is 10.5. The van der Waals surface area contributed by atoms with Gasteiger partial charge in [-0.15, -0.1) is 6.42 Å². The molecule has 0 aliphatic heterocycles. The Morgan fingerprint density at radius 3 is 2.87 bits per heavy atom. The van der Waals surface area contributed by atoms with E-state index in [4.69, 9.17) is 17.0 Å². The zero-order chi connectivity index (χ0) is 11.3. The van der Waals surface area contributed by atoms with Gasteiger partial charge in [0.2, 0.25) is 0 Å². The molecule has 6 nitrogen and oxygen atoms in total. The van der Waals surface area contributed by atoms with Gasteiger partial charge in [0.1, 0.15) is 12.4 Å². The van der Waals surface area contributed by atoms with E-state index < -0.39 is 4.92 Å². The van der Waals surface area contributed by atoms with Crippen molar-refractivity contribution in [1.82, 2.24) is 0 Å². The lowest BCUT2D eigenvalue weighted by molar-refractivity contribution is -0.384. The fourth-order valence-electron chi connectivity index (χ4n) is 0.980. The highest BCUT2D eigenvalue weighted by Crippen LogP contribution is 2.25. The van der Waals surface area contributed by atoms with Crippen molar-refractivity contribution in [2.24, 2.45) is 5.84 Å². The average Bonchev–Trinajstić information content (AvgIpc) is 2.25. The molecule has 0 amide bonds. The Labute approximate surface area is 86.2 Å². The van der Waals surface area contributed by atoms with Gasteiger partial charge >= 0.3 is 0 Å². The van der Waals surface area contributed by atoms with Crippen LogP contribution in [0, 0.1) is 22.5 Å². The van der Waals surface area contributed by atoms with Crippen molar-refractivity contribution in [3.05, 3.63) is 28.3 Å². The highest BCUT2D eigenvalue weighted by Gasteiger charge is 2.09. The Morgan fingerprint density at radius 2 is 2.33 bits per heavy atom. The van der Waals surface area contributed by atoms with Crippen LogP contribution in [0.25, 0.3) is 0 Å². The third-order valence-electron chi connectivity index (χ3n) is 1.59. The van der Waals surface area contributed by atoms with Crippen LogP contribution in [0.15, 0.2) is 18.2 Å². The van der Waals surface area contributed by atoms with Crippen LogP contribution in [0.1, 0.15) is 0 Å². The quantitative estimate of drug-likeness (QED) is 0.331. The number of benzene rings is 1. The van der Waals surface area contributed by atoms with Gasteiger partial charge in [-0.25, -0.2) is 0 Å². The van der Waals surface area contributed by atoms with Crippen LogP contribution in [-0.4, -0.2) is 11.5 Å². The smallest absolute Gasteiger partial charge is 0.275 e. The SMILES string of the molecule is C#CCOc1cc(NN)cc([N+](=O)[O-])c1. The molecule has 0 bridgehead atoms. The number of nitrogens with one attached hydrogen (secondary N) is 1. The van der Waals surface area contributed by atoms with Crippen molar-refractivity contribution >= 4 is 11.4 Å². The van der Waals surface area contributed by atoms with Gasteiger partial charge in [0.05, 0.1) is 16.7 Å². The third-order valence-corrected chi connectivity index (χ3v) is 1.59. The molecule has 78 valence electrons. The fourth-order valence-corrected chi connectivity index (χ4v) is 0.980. The first-order valence-electron chi connectivity index (χ1n) is 3.99. The van der Waals surface area contributed by atoms with Gasteiger partial charge in [0.25, 0.3) is 5.69 Å². The van der Waals surface area contributed by atoms with E-state index in [-0.39, 0.29) is 12.3 Å². The Morgan fingerprint density at radius 1 is 1.60 bits per heavy atom. The summed E-state index contributed by atoms with van der Waals surface area (Å²) in [5.74, 6) is 7.71. The second-order valence-electron chi connectivity index (χ2n) is 2.61. The largest absolute Gasteiger partial charge is 0.481 e. The zero-order valence-electron chi connectivity index (χ0n) is 7.77. The van der Waals surface area contributed by atoms with Gasteiger partial charge in [0, 0.05) is 12.1 Å². The summed E-state index contributed by atoms with van der Waals surface area (Å²) < 4.78 is 5.05. The van der Waals surface area contributed by atoms with Crippen molar-refractivity contribution in [2.45, 2.75) is 0 Å². The van der Waals surface area contributed by atoms with Crippen LogP contribution >= 0.6 is 0 Å². The Kier molecular flexibility index (Phi) is 3.49. The normalized spacial score (nSPS) is 9.07. The number of nitro benzene ring substituents is 1. The molecule has 0 heterocycles. The number of non-ortho nitro benzene ring substituents is 1. The van der Waals surface area contributed by atoms with Gasteiger partial charge in [-0.2, -0.15) is 0 Å². The highest BCUT2D eigenvalue weighted by atomic mass is 16.6. The Hall–Kier alpha value is -2.26. The lowest BCUT2D eigenvalue weighted by atomic mass is 10.2. The van der Waals surface area contributed by atoms with Crippen molar-refractivity contribution in [3.63, 3.8) is 0 Å². The van der Waals surface area contributed by atoms with Crippen molar-refractivity contribution in [2.75, 3.05) is 12.0 Å². The van der Waals surface area contributed by atoms with E-state index >= 15 is 0 Å². The number of terminal acetylenes is 1. The van der Waals surface area contributed by atoms with Gasteiger partial charge in [-0.1, -0.05) is 5.92 Å². The predicted molar refractivity (Wildman–Crippen MR) is 55.2 cm³/mol. The maximum atomic E-state index is 10.5. The molecule has 0 aliphatic carbocycles. The Balaban J connectivity index is 3.01. The number of hydrogen-bond acceptors (Lipinski definition) is 5. The minimum atomic E-state index is -0.538. The molecular weight excluding hydrogens is 198 g/mol. The standard InChI is InChI=1S/C9H9N3O3/c1-2-3-15-9-5-7(11-10)4-8(6-9)12(13)14/h1,4-6,11H,3,10H2. The molecule has 3 N–H and O–H groups in total. The summed E-state index contributed by atoms with van der Waals surface area (Å²) in [6.07, 6.45) is 5.00. The first-order chi connectivity index (χ1) is 7.17. The molecule has 0 saturated carbocycles. The van der Waals surface area contributed by atoms with E-state index in [1.54, 1.807) is 0 Å². The van der Waals surface area contributed by atoms with E-state index in [1.165, 1.54) is 18.2 Å². The number of hydrazine groups is 1. The molecular formula is C9H9N3O3. The van der Waals surface area contributed by atoms with Crippen LogP contribution in [0.4, 0.5) is 11.4 Å². The molecule has 0 fully saturated rings. The Bertz CT molecular complexity index is 412. The van der Waals surface area contributed by atoms with Crippen molar-refractivity contribution in [1.29, 1.82) is 0 Å². The van der Waals surface area contributed by atoms with Gasteiger partial charge < -0.3 is 10.2 Å². The van der Waals surface area contributed by atoms with Crippen LogP contribution in [0.3, 0.4) is 0 Å². The molecule has 0 atom stereocenters. The monoisotopic (exact) mass is 207 g/mol. The molecule has 15 heavy (non-hydrogen) atoms. The second-order valence-corrected chi connectivity index (χ2v) is 2.61. The molecule has 1 aromatic carbocycles. The molecule has 0 aromatic heterocycles. The van der Waals surface area contributed by atoms with Gasteiger partial charge in [-0.05, 0) is 0 Å². The average molecular weight is 207 g/mol. The van der Waals surface area contributed by atoms with Gasteiger partial charge in [0.15, 0.2) is 0 Å². The van der Waals surface area contributed by atoms with E-state index in [0.29, 0.717) is 11.4 Å². The molecule has 0 spiro atoms. The molecule has 0 saturated heterocycles. The minimum Gasteiger partial charge on any atom is -0.481 e. The summed E-state index contributed by atoms with van der Waals surface area (Å²) in [6, 6.07) is 4.09. The highest BCUT2D eigenvalue weighted by molar-refractivity contribution is 5.55. The summed E-state index contributed by atoms with van der Waals surface area (Å²) in [4.78, 5) is 10.00. The third kappa shape index (κ3) is 2.86. The molecule has 1 aromatic rings. The number of nitrogens with two attached hydrogens (primary N) is 1. The number of nitrogens with zero attached hydrogens (tertiary/aromatic N) is 1.